The number of methoxy groups -OCH3 is 1. The Balaban J connectivity index is 2.23. The van der Waals surface area contributed by atoms with Gasteiger partial charge < -0.3 is 24.3 Å². The molecule has 2 aliphatic rings. The highest BCUT2D eigenvalue weighted by Crippen LogP contribution is 2.43. The van der Waals surface area contributed by atoms with Gasteiger partial charge in [-0.05, 0) is 13.8 Å². The van der Waals surface area contributed by atoms with E-state index in [-0.39, 0.29) is 12.5 Å². The molecule has 3 atom stereocenters. The van der Waals surface area contributed by atoms with Gasteiger partial charge in [-0.25, -0.2) is 0 Å². The lowest BCUT2D eigenvalue weighted by Crippen LogP contribution is -2.47. The molecule has 2 aliphatic heterocycles. The van der Waals surface area contributed by atoms with Gasteiger partial charge in [-0.3, -0.25) is 4.79 Å². The van der Waals surface area contributed by atoms with Gasteiger partial charge in [0.25, 0.3) is 5.91 Å². The molecule has 3 unspecified atom stereocenters. The van der Waals surface area contributed by atoms with Gasteiger partial charge in [0.1, 0.15) is 6.61 Å². The van der Waals surface area contributed by atoms with Crippen molar-refractivity contribution in [1.29, 1.82) is 0 Å². The van der Waals surface area contributed by atoms with E-state index in [0.29, 0.717) is 0 Å². The van der Waals surface area contributed by atoms with Crippen molar-refractivity contribution in [2.75, 3.05) is 20.8 Å². The summed E-state index contributed by atoms with van der Waals surface area (Å²) in [4.78, 5) is 11.6. The van der Waals surface area contributed by atoms with Gasteiger partial charge in [0.15, 0.2) is 18.0 Å². The van der Waals surface area contributed by atoms with Crippen LogP contribution in [0.5, 0.6) is 0 Å². The van der Waals surface area contributed by atoms with Gasteiger partial charge in [0, 0.05) is 14.2 Å². The molecule has 6 heteroatoms. The first-order chi connectivity index (χ1) is 7.44. The Bertz CT molecular complexity index is 306. The number of hydrogen-bond donors (Lipinski definition) is 1. The molecule has 2 saturated heterocycles. The van der Waals surface area contributed by atoms with E-state index in [2.05, 4.69) is 5.32 Å². The minimum absolute atomic E-state index is 0.190. The summed E-state index contributed by atoms with van der Waals surface area (Å²) in [6.45, 7) is 3.76. The minimum atomic E-state index is -0.972. The van der Waals surface area contributed by atoms with Crippen molar-refractivity contribution >= 4 is 5.91 Å². The van der Waals surface area contributed by atoms with E-state index in [1.807, 2.05) is 0 Å². The summed E-state index contributed by atoms with van der Waals surface area (Å²) in [6.07, 6.45) is -1.22. The number of nitrogens with one attached hydrogen (secondary N) is 1. The Kier molecular flexibility index (Phi) is 2.70. The number of carbonyl (C=O) groups excluding carboxylic acids is 1. The normalized spacial score (nSPS) is 40.8. The Hall–Kier alpha value is -0.690. The molecule has 92 valence electrons. The maximum absolute atomic E-state index is 11.6. The second-order valence-electron chi connectivity index (χ2n) is 4.40. The molecule has 0 saturated carbocycles. The zero-order valence-electron chi connectivity index (χ0n) is 9.90. The molecular formula is C10H17NO5. The molecule has 0 aliphatic carbocycles. The summed E-state index contributed by atoms with van der Waals surface area (Å²) < 4.78 is 22.1. The molecule has 1 amide bonds. The Morgan fingerprint density at radius 3 is 2.75 bits per heavy atom. The van der Waals surface area contributed by atoms with Crippen LogP contribution in [0, 0.1) is 0 Å². The number of likely N-dealkylation sites (N-methyl/N-ethyl adjacent to an activating group) is 1. The summed E-state index contributed by atoms with van der Waals surface area (Å²) >= 11 is 0. The number of hydrogen-bond acceptors (Lipinski definition) is 5. The topological polar surface area (TPSA) is 66.0 Å². The number of amides is 1. The SMILES string of the molecule is CNC(=O)C1OCC2(OC)OC(C)(C)OC12. The fourth-order valence-electron chi connectivity index (χ4n) is 2.16. The summed E-state index contributed by atoms with van der Waals surface area (Å²) in [6, 6.07) is 0. The largest absolute Gasteiger partial charge is 0.360 e. The van der Waals surface area contributed by atoms with E-state index in [4.69, 9.17) is 18.9 Å². The molecule has 0 radical (unpaired) electrons. The highest BCUT2D eigenvalue weighted by atomic mass is 16.9. The monoisotopic (exact) mass is 231 g/mol. The summed E-state index contributed by atoms with van der Waals surface area (Å²) in [5.41, 5.74) is 0. The molecule has 0 aromatic heterocycles. The standard InChI is InChI=1S/C10H17NO5/c1-9(2)15-7-6(8(12)11-3)14-5-10(7,13-4)16-9/h6-7H,5H2,1-4H3,(H,11,12). The molecule has 16 heavy (non-hydrogen) atoms. The molecule has 0 aromatic carbocycles. The molecule has 2 rings (SSSR count). The average Bonchev–Trinajstić information content (AvgIpc) is 2.68. The van der Waals surface area contributed by atoms with Gasteiger partial charge in [-0.15, -0.1) is 0 Å². The Labute approximate surface area is 94.2 Å². The summed E-state index contributed by atoms with van der Waals surface area (Å²) in [5.74, 6) is -1.97. The van der Waals surface area contributed by atoms with Crippen LogP contribution in [0.15, 0.2) is 0 Å². The first kappa shape index (κ1) is 11.8. The molecule has 0 spiro atoms. The van der Waals surface area contributed by atoms with Gasteiger partial charge in [0.2, 0.25) is 5.79 Å². The van der Waals surface area contributed by atoms with Crippen molar-refractivity contribution in [2.24, 2.45) is 0 Å². The van der Waals surface area contributed by atoms with Crippen molar-refractivity contribution in [1.82, 2.24) is 5.32 Å². The van der Waals surface area contributed by atoms with Crippen LogP contribution in [0.2, 0.25) is 0 Å². The average molecular weight is 231 g/mol. The maximum atomic E-state index is 11.6. The first-order valence-corrected chi connectivity index (χ1v) is 5.20. The van der Waals surface area contributed by atoms with Crippen LogP contribution in [0.3, 0.4) is 0 Å². The first-order valence-electron chi connectivity index (χ1n) is 5.20. The van der Waals surface area contributed by atoms with Crippen molar-refractivity contribution < 1.29 is 23.7 Å². The highest BCUT2D eigenvalue weighted by molar-refractivity contribution is 5.81. The van der Waals surface area contributed by atoms with E-state index < -0.39 is 23.8 Å². The van der Waals surface area contributed by atoms with E-state index in [1.54, 1.807) is 20.9 Å². The van der Waals surface area contributed by atoms with E-state index in [1.165, 1.54) is 7.11 Å². The fourth-order valence-corrected chi connectivity index (χ4v) is 2.16. The van der Waals surface area contributed by atoms with Crippen molar-refractivity contribution in [3.63, 3.8) is 0 Å². The van der Waals surface area contributed by atoms with Crippen LogP contribution in [-0.2, 0) is 23.7 Å². The molecule has 2 fully saturated rings. The molecule has 0 bridgehead atoms. The minimum Gasteiger partial charge on any atom is -0.360 e. The van der Waals surface area contributed by atoms with Crippen LogP contribution in [-0.4, -0.2) is 50.5 Å². The molecule has 1 N–H and O–H groups in total. The van der Waals surface area contributed by atoms with Crippen molar-refractivity contribution in [3.8, 4) is 0 Å². The smallest absolute Gasteiger partial charge is 0.251 e. The number of rotatable bonds is 2. The van der Waals surface area contributed by atoms with Crippen LogP contribution in [0.1, 0.15) is 13.8 Å². The lowest BCUT2D eigenvalue weighted by molar-refractivity contribution is -0.252. The lowest BCUT2D eigenvalue weighted by atomic mass is 10.1. The third kappa shape index (κ3) is 1.62. The van der Waals surface area contributed by atoms with Crippen LogP contribution in [0.4, 0.5) is 0 Å². The highest BCUT2D eigenvalue weighted by Gasteiger charge is 2.63. The predicted molar refractivity (Wildman–Crippen MR) is 53.6 cm³/mol. The van der Waals surface area contributed by atoms with E-state index >= 15 is 0 Å². The lowest BCUT2D eigenvalue weighted by Gasteiger charge is -2.24. The van der Waals surface area contributed by atoms with Gasteiger partial charge in [-0.1, -0.05) is 0 Å². The molecule has 0 aromatic rings. The zero-order valence-corrected chi connectivity index (χ0v) is 9.90. The third-order valence-corrected chi connectivity index (χ3v) is 2.85. The van der Waals surface area contributed by atoms with Gasteiger partial charge >= 0.3 is 0 Å². The van der Waals surface area contributed by atoms with Crippen LogP contribution in [0.25, 0.3) is 0 Å². The van der Waals surface area contributed by atoms with E-state index in [0.717, 1.165) is 0 Å². The second-order valence-corrected chi connectivity index (χ2v) is 4.40. The number of carbonyl (C=O) groups is 1. The van der Waals surface area contributed by atoms with Crippen LogP contribution >= 0.6 is 0 Å². The van der Waals surface area contributed by atoms with Crippen molar-refractivity contribution in [2.45, 2.75) is 37.6 Å². The van der Waals surface area contributed by atoms with Crippen molar-refractivity contribution in [3.05, 3.63) is 0 Å². The maximum Gasteiger partial charge on any atom is 0.251 e. The third-order valence-electron chi connectivity index (χ3n) is 2.85. The summed E-state index contributed by atoms with van der Waals surface area (Å²) in [5, 5.41) is 2.53. The van der Waals surface area contributed by atoms with E-state index in [9.17, 15) is 4.79 Å². The molecule has 2 heterocycles. The Morgan fingerprint density at radius 2 is 2.19 bits per heavy atom. The van der Waals surface area contributed by atoms with Gasteiger partial charge in [-0.2, -0.15) is 0 Å². The molecule has 6 nitrogen and oxygen atoms in total. The predicted octanol–water partition coefficient (Wildman–Crippen LogP) is -0.375. The quantitative estimate of drug-likeness (QED) is 0.702. The van der Waals surface area contributed by atoms with Crippen LogP contribution < -0.4 is 5.32 Å². The van der Waals surface area contributed by atoms with Gasteiger partial charge in [0.05, 0.1) is 0 Å². The number of ether oxygens (including phenoxy) is 4. The second kappa shape index (κ2) is 3.66. The Morgan fingerprint density at radius 1 is 1.50 bits per heavy atom. The molecular weight excluding hydrogens is 214 g/mol. The summed E-state index contributed by atoms with van der Waals surface area (Å²) in [7, 11) is 3.08. The fraction of sp³-hybridized carbons (Fsp3) is 0.900. The number of fused-ring (bicyclic) bond motifs is 1. The zero-order chi connectivity index (χ0) is 12.0.